The van der Waals surface area contributed by atoms with Crippen LogP contribution in [-0.4, -0.2) is 98.0 Å². The largest absolute Gasteiger partial charge is 0.369 e. The molecular formula is C24H33N7O4. The summed E-state index contributed by atoms with van der Waals surface area (Å²) in [5.41, 5.74) is 9.78. The number of carbonyl (C=O) groups is 3. The van der Waals surface area contributed by atoms with E-state index in [-0.39, 0.29) is 30.7 Å². The number of amides is 2. The predicted molar refractivity (Wildman–Crippen MR) is 130 cm³/mol. The minimum atomic E-state index is -0.883. The van der Waals surface area contributed by atoms with Crippen molar-refractivity contribution in [2.24, 2.45) is 10.5 Å². The van der Waals surface area contributed by atoms with Gasteiger partial charge in [0.2, 0.25) is 5.91 Å². The second kappa shape index (κ2) is 9.85. The zero-order chi connectivity index (χ0) is 25.3. The molecule has 3 aliphatic rings. The lowest BCUT2D eigenvalue weighted by atomic mass is 9.85. The van der Waals surface area contributed by atoms with E-state index >= 15 is 0 Å². The smallest absolute Gasteiger partial charge is 0.251 e. The molecule has 4 atom stereocenters. The van der Waals surface area contributed by atoms with Gasteiger partial charge in [0.1, 0.15) is 18.7 Å². The molecule has 0 bridgehead atoms. The molecule has 1 aromatic carbocycles. The summed E-state index contributed by atoms with van der Waals surface area (Å²) in [5.74, 6) is -0.971. The lowest BCUT2D eigenvalue weighted by Gasteiger charge is -2.35. The molecule has 0 aromatic heterocycles. The lowest BCUT2D eigenvalue weighted by Crippen LogP contribution is -2.57. The first-order valence-electron chi connectivity index (χ1n) is 11.9. The number of ether oxygens (including phenoxy) is 1. The first-order valence-corrected chi connectivity index (χ1v) is 11.9. The minimum absolute atomic E-state index is 0.0755. The van der Waals surface area contributed by atoms with E-state index in [0.29, 0.717) is 5.56 Å². The molecule has 0 aliphatic carbocycles. The van der Waals surface area contributed by atoms with Crippen molar-refractivity contribution in [1.29, 1.82) is 0 Å². The molecule has 4 rings (SSSR count). The SMILES string of the molecule is CN1CCN(c2ccc(C(=O)N[C@H](C(=O)N3C[C@@H](N=[N+]=[N-])[C@H]4OCC(=O)[C@H]43)C(C)(C)C)cc2)CC1. The summed E-state index contributed by atoms with van der Waals surface area (Å²) in [6.45, 7) is 9.37. The molecule has 11 heteroatoms. The molecule has 11 nitrogen and oxygen atoms in total. The summed E-state index contributed by atoms with van der Waals surface area (Å²) in [6.07, 6.45) is -0.652. The highest BCUT2D eigenvalue weighted by Gasteiger charge is 2.53. The fraction of sp³-hybridized carbons (Fsp3) is 0.625. The Balaban J connectivity index is 1.49. The highest BCUT2D eigenvalue weighted by atomic mass is 16.5. The minimum Gasteiger partial charge on any atom is -0.369 e. The third kappa shape index (κ3) is 5.12. The van der Waals surface area contributed by atoms with Gasteiger partial charge in [-0.3, -0.25) is 14.4 Å². The molecular weight excluding hydrogens is 450 g/mol. The van der Waals surface area contributed by atoms with Crippen LogP contribution in [0, 0.1) is 5.41 Å². The number of ketones is 1. The fourth-order valence-electron chi connectivity index (χ4n) is 4.94. The Morgan fingerprint density at radius 2 is 1.83 bits per heavy atom. The summed E-state index contributed by atoms with van der Waals surface area (Å²) < 4.78 is 5.52. The van der Waals surface area contributed by atoms with Crippen LogP contribution in [0.25, 0.3) is 10.4 Å². The first-order chi connectivity index (χ1) is 16.6. The highest BCUT2D eigenvalue weighted by Crippen LogP contribution is 2.32. The van der Waals surface area contributed by atoms with Gasteiger partial charge in [-0.15, -0.1) is 0 Å². The molecule has 188 valence electrons. The van der Waals surface area contributed by atoms with Gasteiger partial charge >= 0.3 is 0 Å². The van der Waals surface area contributed by atoms with Crippen LogP contribution in [0.4, 0.5) is 5.69 Å². The van der Waals surface area contributed by atoms with Crippen LogP contribution in [0.5, 0.6) is 0 Å². The monoisotopic (exact) mass is 483 g/mol. The van der Waals surface area contributed by atoms with E-state index < -0.39 is 29.6 Å². The van der Waals surface area contributed by atoms with Gasteiger partial charge in [-0.25, -0.2) is 0 Å². The van der Waals surface area contributed by atoms with Crippen LogP contribution in [0.15, 0.2) is 29.4 Å². The Hall–Kier alpha value is -3.14. The number of anilines is 1. The van der Waals surface area contributed by atoms with Gasteiger partial charge in [0.05, 0.1) is 12.1 Å². The van der Waals surface area contributed by atoms with E-state index in [9.17, 15) is 14.4 Å². The van der Waals surface area contributed by atoms with Gasteiger partial charge in [-0.1, -0.05) is 25.9 Å². The number of nitrogens with zero attached hydrogens (tertiary/aromatic N) is 6. The van der Waals surface area contributed by atoms with Crippen molar-refractivity contribution in [1.82, 2.24) is 15.1 Å². The number of fused-ring (bicyclic) bond motifs is 1. The van der Waals surface area contributed by atoms with Crippen molar-refractivity contribution < 1.29 is 19.1 Å². The topological polar surface area (TPSA) is 131 Å². The average molecular weight is 484 g/mol. The van der Waals surface area contributed by atoms with Crippen LogP contribution >= 0.6 is 0 Å². The Morgan fingerprint density at radius 1 is 1.17 bits per heavy atom. The Kier molecular flexibility index (Phi) is 7.02. The van der Waals surface area contributed by atoms with E-state index in [1.807, 2.05) is 32.9 Å². The number of Topliss-reactive ketones (excluding diaryl/α,β-unsaturated/α-hetero) is 1. The molecule has 0 spiro atoms. The van der Waals surface area contributed by atoms with E-state index in [1.54, 1.807) is 12.1 Å². The van der Waals surface area contributed by atoms with Crippen molar-refractivity contribution in [3.8, 4) is 0 Å². The van der Waals surface area contributed by atoms with Gasteiger partial charge in [0, 0.05) is 48.9 Å². The summed E-state index contributed by atoms with van der Waals surface area (Å²) >= 11 is 0. The quantitative estimate of drug-likeness (QED) is 0.383. The van der Waals surface area contributed by atoms with Gasteiger partial charge in [0.15, 0.2) is 5.78 Å². The number of benzene rings is 1. The number of hydrogen-bond acceptors (Lipinski definition) is 7. The predicted octanol–water partition coefficient (Wildman–Crippen LogP) is 1.44. The van der Waals surface area contributed by atoms with Gasteiger partial charge in [-0.2, -0.15) is 0 Å². The third-order valence-corrected chi connectivity index (χ3v) is 7.03. The Labute approximate surface area is 205 Å². The number of piperazine rings is 1. The van der Waals surface area contributed by atoms with Gasteiger partial charge < -0.3 is 24.8 Å². The second-order valence-electron chi connectivity index (χ2n) is 10.6. The standard InChI is InChI=1S/C24H33N7O4/c1-24(2,3)21(23(34)31-13-17(27-28-25)20-19(31)18(32)14-35-20)26-22(33)15-5-7-16(8-6-15)30-11-9-29(4)10-12-30/h5-8,17,19-21H,9-14H2,1-4H3,(H,26,33)/t17-,19-,20-,21-/m1/s1. The van der Waals surface area contributed by atoms with Crippen molar-refractivity contribution >= 4 is 23.3 Å². The molecule has 3 saturated heterocycles. The molecule has 2 amide bonds. The number of likely N-dealkylation sites (N-methyl/N-ethyl adjacent to an activating group) is 1. The molecule has 1 aromatic rings. The summed E-state index contributed by atoms with van der Waals surface area (Å²) in [6, 6.07) is 5.07. The molecule has 35 heavy (non-hydrogen) atoms. The van der Waals surface area contributed by atoms with Gasteiger partial charge in [-0.05, 0) is 42.3 Å². The maximum Gasteiger partial charge on any atom is 0.251 e. The molecule has 3 fully saturated rings. The van der Waals surface area contributed by atoms with Crippen molar-refractivity contribution in [3.63, 3.8) is 0 Å². The molecule has 1 N–H and O–H groups in total. The molecule has 0 radical (unpaired) electrons. The summed E-state index contributed by atoms with van der Waals surface area (Å²) in [5, 5.41) is 6.62. The number of azide groups is 1. The zero-order valence-corrected chi connectivity index (χ0v) is 20.7. The van der Waals surface area contributed by atoms with Gasteiger partial charge in [0.25, 0.3) is 5.91 Å². The molecule has 3 heterocycles. The van der Waals surface area contributed by atoms with Crippen LogP contribution in [0.1, 0.15) is 31.1 Å². The van der Waals surface area contributed by atoms with E-state index in [1.165, 1.54) is 4.90 Å². The lowest BCUT2D eigenvalue weighted by molar-refractivity contribution is -0.140. The third-order valence-electron chi connectivity index (χ3n) is 7.03. The second-order valence-corrected chi connectivity index (χ2v) is 10.6. The fourth-order valence-corrected chi connectivity index (χ4v) is 4.94. The maximum absolute atomic E-state index is 13.6. The number of nitrogens with one attached hydrogen (secondary N) is 1. The zero-order valence-electron chi connectivity index (χ0n) is 20.7. The summed E-state index contributed by atoms with van der Waals surface area (Å²) in [7, 11) is 2.10. The normalized spacial score (nSPS) is 25.7. The molecule has 3 aliphatic heterocycles. The van der Waals surface area contributed by atoms with Crippen LogP contribution < -0.4 is 10.2 Å². The van der Waals surface area contributed by atoms with Crippen molar-refractivity contribution in [2.45, 2.75) is 45.0 Å². The van der Waals surface area contributed by atoms with Crippen LogP contribution in [-0.2, 0) is 14.3 Å². The highest BCUT2D eigenvalue weighted by molar-refractivity contribution is 5.99. The number of rotatable bonds is 5. The van der Waals surface area contributed by atoms with Crippen LogP contribution in [0.2, 0.25) is 0 Å². The number of hydrogen-bond donors (Lipinski definition) is 1. The Bertz CT molecular complexity index is 1020. The number of carbonyl (C=O) groups excluding carboxylic acids is 3. The maximum atomic E-state index is 13.6. The first kappa shape index (κ1) is 25.0. The molecule has 0 unspecified atom stereocenters. The van der Waals surface area contributed by atoms with E-state index in [0.717, 1.165) is 31.9 Å². The van der Waals surface area contributed by atoms with Crippen LogP contribution in [0.3, 0.4) is 0 Å². The van der Waals surface area contributed by atoms with Crippen molar-refractivity contribution in [2.75, 3.05) is 51.3 Å². The average Bonchev–Trinajstić information content (AvgIpc) is 3.38. The van der Waals surface area contributed by atoms with E-state index in [4.69, 9.17) is 10.3 Å². The summed E-state index contributed by atoms with van der Waals surface area (Å²) in [4.78, 5) is 48.1. The molecule has 0 saturated carbocycles. The van der Waals surface area contributed by atoms with Crippen molar-refractivity contribution in [3.05, 3.63) is 40.3 Å². The Morgan fingerprint density at radius 3 is 2.43 bits per heavy atom. The van der Waals surface area contributed by atoms with E-state index in [2.05, 4.69) is 32.2 Å². The number of likely N-dealkylation sites (tertiary alicyclic amines) is 1.